The van der Waals surface area contributed by atoms with Crippen molar-refractivity contribution in [2.75, 3.05) is 5.32 Å². The summed E-state index contributed by atoms with van der Waals surface area (Å²) in [6.07, 6.45) is 3.55. The number of anilines is 2. The van der Waals surface area contributed by atoms with E-state index < -0.39 is 0 Å². The van der Waals surface area contributed by atoms with Crippen LogP contribution in [-0.2, 0) is 6.54 Å². The van der Waals surface area contributed by atoms with E-state index in [0.29, 0.717) is 29.6 Å². The zero-order valence-corrected chi connectivity index (χ0v) is 17.4. The molecule has 0 aliphatic rings. The average molecular weight is 423 g/mol. The Morgan fingerprint density at radius 3 is 2.75 bits per heavy atom. The number of imidazole rings is 1. The number of aromatic amines is 1. The highest BCUT2D eigenvalue weighted by molar-refractivity contribution is 5.95. The minimum Gasteiger partial charge on any atom is -0.348 e. The van der Waals surface area contributed by atoms with Gasteiger partial charge in [0.2, 0.25) is 5.95 Å². The lowest BCUT2D eigenvalue weighted by atomic mass is 10.1. The van der Waals surface area contributed by atoms with Gasteiger partial charge in [-0.2, -0.15) is 5.10 Å². The summed E-state index contributed by atoms with van der Waals surface area (Å²) in [7, 11) is 0. The van der Waals surface area contributed by atoms with E-state index in [1.165, 1.54) is 0 Å². The summed E-state index contributed by atoms with van der Waals surface area (Å²) in [6, 6.07) is 21.0. The standard InChI is InChI=1S/C24H21N7O/c1-16-12-21(30-29-16)28-24-27-20(14-22-25-10-11-31(22)24)18-8-5-9-19(13-18)23(32)26-15-17-6-3-2-4-7-17/h2-14H,15H2,1H3,(H,26,32)(H2,27,28,29,30). The number of rotatable bonds is 6. The lowest BCUT2D eigenvalue weighted by molar-refractivity contribution is 0.0951. The Hall–Kier alpha value is -4.46. The molecule has 8 heteroatoms. The van der Waals surface area contributed by atoms with Gasteiger partial charge in [0.1, 0.15) is 5.65 Å². The minimum atomic E-state index is -0.136. The lowest BCUT2D eigenvalue weighted by Crippen LogP contribution is -2.22. The van der Waals surface area contributed by atoms with Crippen LogP contribution in [0.1, 0.15) is 21.6 Å². The van der Waals surface area contributed by atoms with Gasteiger partial charge < -0.3 is 10.6 Å². The van der Waals surface area contributed by atoms with Gasteiger partial charge in [-0.05, 0) is 24.6 Å². The fourth-order valence-electron chi connectivity index (χ4n) is 3.46. The molecule has 0 aliphatic carbocycles. The predicted octanol–water partition coefficient (Wildman–Crippen LogP) is 4.10. The Morgan fingerprint density at radius 1 is 1.06 bits per heavy atom. The van der Waals surface area contributed by atoms with Crippen LogP contribution in [0.4, 0.5) is 11.8 Å². The molecular formula is C24H21N7O. The molecule has 0 saturated heterocycles. The van der Waals surface area contributed by atoms with Gasteiger partial charge in [0.05, 0.1) is 5.69 Å². The van der Waals surface area contributed by atoms with Crippen molar-refractivity contribution in [3.05, 3.63) is 95.9 Å². The number of aromatic nitrogens is 5. The molecule has 3 aromatic heterocycles. The SMILES string of the molecule is Cc1cc(Nc2nc(-c3cccc(C(=O)NCc4ccccc4)c3)cc3nccn23)n[nH]1. The minimum absolute atomic E-state index is 0.136. The number of hydrogen-bond acceptors (Lipinski definition) is 5. The highest BCUT2D eigenvalue weighted by Gasteiger charge is 2.12. The first kappa shape index (κ1) is 19.5. The first-order valence-electron chi connectivity index (χ1n) is 10.2. The van der Waals surface area contributed by atoms with Crippen molar-refractivity contribution in [1.82, 2.24) is 29.9 Å². The molecule has 3 heterocycles. The first-order valence-corrected chi connectivity index (χ1v) is 10.2. The number of benzene rings is 2. The highest BCUT2D eigenvalue weighted by atomic mass is 16.1. The summed E-state index contributed by atoms with van der Waals surface area (Å²) in [4.78, 5) is 21.9. The highest BCUT2D eigenvalue weighted by Crippen LogP contribution is 2.24. The van der Waals surface area contributed by atoms with Crippen molar-refractivity contribution < 1.29 is 4.79 Å². The third-order valence-electron chi connectivity index (χ3n) is 5.05. The number of amides is 1. The van der Waals surface area contributed by atoms with E-state index in [2.05, 4.69) is 25.8 Å². The van der Waals surface area contributed by atoms with Gasteiger partial charge in [0.25, 0.3) is 5.91 Å². The third-order valence-corrected chi connectivity index (χ3v) is 5.05. The molecule has 3 N–H and O–H groups in total. The number of aryl methyl sites for hydroxylation is 1. The van der Waals surface area contributed by atoms with Crippen LogP contribution in [0.2, 0.25) is 0 Å². The summed E-state index contributed by atoms with van der Waals surface area (Å²) < 4.78 is 1.85. The predicted molar refractivity (Wildman–Crippen MR) is 123 cm³/mol. The average Bonchev–Trinajstić information content (AvgIpc) is 3.47. The van der Waals surface area contributed by atoms with Gasteiger partial charge in [-0.15, -0.1) is 0 Å². The number of fused-ring (bicyclic) bond motifs is 1. The summed E-state index contributed by atoms with van der Waals surface area (Å²) >= 11 is 0. The van der Waals surface area contributed by atoms with Crippen LogP contribution < -0.4 is 10.6 Å². The number of nitrogens with one attached hydrogen (secondary N) is 3. The van der Waals surface area contributed by atoms with E-state index in [-0.39, 0.29) is 5.91 Å². The molecule has 1 amide bonds. The van der Waals surface area contributed by atoms with Gasteiger partial charge >= 0.3 is 0 Å². The molecule has 0 saturated carbocycles. The zero-order chi connectivity index (χ0) is 21.9. The zero-order valence-electron chi connectivity index (χ0n) is 17.4. The molecule has 5 rings (SSSR count). The summed E-state index contributed by atoms with van der Waals surface area (Å²) in [5, 5.41) is 13.3. The van der Waals surface area contributed by atoms with Crippen molar-refractivity contribution in [1.29, 1.82) is 0 Å². The number of hydrogen-bond donors (Lipinski definition) is 3. The number of H-pyrrole nitrogens is 1. The number of nitrogens with zero attached hydrogens (tertiary/aromatic N) is 4. The fourth-order valence-corrected chi connectivity index (χ4v) is 3.46. The van der Waals surface area contributed by atoms with Crippen molar-refractivity contribution >= 4 is 23.3 Å². The Kier molecular flexibility index (Phi) is 5.09. The van der Waals surface area contributed by atoms with Crippen molar-refractivity contribution in [2.45, 2.75) is 13.5 Å². The molecule has 0 aliphatic heterocycles. The van der Waals surface area contributed by atoms with E-state index in [9.17, 15) is 4.79 Å². The second-order valence-electron chi connectivity index (χ2n) is 7.43. The molecule has 0 bridgehead atoms. The Balaban J connectivity index is 1.43. The molecule has 8 nitrogen and oxygen atoms in total. The second kappa shape index (κ2) is 8.35. The maximum absolute atomic E-state index is 12.7. The number of carbonyl (C=O) groups excluding carboxylic acids is 1. The van der Waals surface area contributed by atoms with Gasteiger partial charge in [0, 0.05) is 47.9 Å². The van der Waals surface area contributed by atoms with Gasteiger partial charge in [-0.25, -0.2) is 9.97 Å². The largest absolute Gasteiger partial charge is 0.348 e. The molecule has 5 aromatic rings. The van der Waals surface area contributed by atoms with Gasteiger partial charge in [-0.1, -0.05) is 42.5 Å². The van der Waals surface area contributed by atoms with Crippen LogP contribution in [-0.4, -0.2) is 30.5 Å². The monoisotopic (exact) mass is 423 g/mol. The topological polar surface area (TPSA) is 100 Å². The molecule has 0 radical (unpaired) electrons. The molecule has 32 heavy (non-hydrogen) atoms. The van der Waals surface area contributed by atoms with Crippen molar-refractivity contribution in [3.8, 4) is 11.3 Å². The molecule has 2 aromatic carbocycles. The molecule has 0 fully saturated rings. The van der Waals surface area contributed by atoms with E-state index in [1.54, 1.807) is 12.3 Å². The van der Waals surface area contributed by atoms with Crippen molar-refractivity contribution in [2.24, 2.45) is 0 Å². The summed E-state index contributed by atoms with van der Waals surface area (Å²) in [6.45, 7) is 2.41. The van der Waals surface area contributed by atoms with Crippen LogP contribution in [0.25, 0.3) is 16.9 Å². The van der Waals surface area contributed by atoms with E-state index in [4.69, 9.17) is 4.98 Å². The summed E-state index contributed by atoms with van der Waals surface area (Å²) in [5.74, 6) is 1.11. The third kappa shape index (κ3) is 4.06. The van der Waals surface area contributed by atoms with Crippen molar-refractivity contribution in [3.63, 3.8) is 0 Å². The normalized spacial score (nSPS) is 10.9. The Labute approximate surface area is 184 Å². The maximum atomic E-state index is 12.7. The number of carbonyl (C=O) groups is 1. The second-order valence-corrected chi connectivity index (χ2v) is 7.43. The Morgan fingerprint density at radius 2 is 1.94 bits per heavy atom. The lowest BCUT2D eigenvalue weighted by Gasteiger charge is -2.10. The van der Waals surface area contributed by atoms with E-state index >= 15 is 0 Å². The van der Waals surface area contributed by atoms with E-state index in [1.807, 2.05) is 78.2 Å². The van der Waals surface area contributed by atoms with E-state index in [0.717, 1.165) is 22.5 Å². The molecule has 0 spiro atoms. The smallest absolute Gasteiger partial charge is 0.251 e. The van der Waals surface area contributed by atoms with Crippen LogP contribution in [0.5, 0.6) is 0 Å². The van der Waals surface area contributed by atoms with Gasteiger partial charge in [-0.3, -0.25) is 14.3 Å². The summed E-state index contributed by atoms with van der Waals surface area (Å²) in [5.41, 5.74) is 4.83. The molecule has 158 valence electrons. The van der Waals surface area contributed by atoms with Crippen LogP contribution in [0.3, 0.4) is 0 Å². The first-order chi connectivity index (χ1) is 15.7. The van der Waals surface area contributed by atoms with Crippen LogP contribution >= 0.6 is 0 Å². The van der Waals surface area contributed by atoms with Crippen LogP contribution in [0, 0.1) is 6.92 Å². The molecular weight excluding hydrogens is 402 g/mol. The molecule has 0 unspecified atom stereocenters. The molecule has 0 atom stereocenters. The van der Waals surface area contributed by atoms with Gasteiger partial charge in [0.15, 0.2) is 5.82 Å². The Bertz CT molecular complexity index is 1390. The fraction of sp³-hybridized carbons (Fsp3) is 0.0833. The maximum Gasteiger partial charge on any atom is 0.251 e. The van der Waals surface area contributed by atoms with Crippen LogP contribution in [0.15, 0.2) is 79.1 Å². The quantitative estimate of drug-likeness (QED) is 0.382.